The van der Waals surface area contributed by atoms with Gasteiger partial charge in [-0.2, -0.15) is 0 Å². The van der Waals surface area contributed by atoms with E-state index in [-0.39, 0.29) is 17.1 Å². The molecule has 1 aliphatic heterocycles. The van der Waals surface area contributed by atoms with E-state index in [9.17, 15) is 25.2 Å². The Bertz CT molecular complexity index is 639. The van der Waals surface area contributed by atoms with Crippen LogP contribution in [0.4, 0.5) is 0 Å². The van der Waals surface area contributed by atoms with Crippen molar-refractivity contribution in [1.29, 1.82) is 0 Å². The number of benzene rings is 1. The van der Waals surface area contributed by atoms with Crippen molar-refractivity contribution in [3.63, 3.8) is 0 Å². The van der Waals surface area contributed by atoms with Crippen LogP contribution in [0.2, 0.25) is 0 Å². The van der Waals surface area contributed by atoms with Crippen molar-refractivity contribution in [2.24, 2.45) is 0 Å². The Kier molecular flexibility index (Phi) is 5.45. The highest BCUT2D eigenvalue weighted by Gasteiger charge is 2.46. The third kappa shape index (κ3) is 3.85. The molecule has 5 N–H and O–H groups in total. The van der Waals surface area contributed by atoms with Gasteiger partial charge in [0, 0.05) is 5.57 Å². The molecule has 5 atom stereocenters. The highest BCUT2D eigenvalue weighted by molar-refractivity contribution is 5.91. The molecule has 0 amide bonds. The van der Waals surface area contributed by atoms with Gasteiger partial charge in [-0.25, -0.2) is 4.79 Å². The number of phenolic OH excluding ortho intramolecular Hbond substituents is 1. The summed E-state index contributed by atoms with van der Waals surface area (Å²) < 4.78 is 10.6. The summed E-state index contributed by atoms with van der Waals surface area (Å²) in [7, 11) is 0. The number of aromatic hydroxyl groups is 1. The molecule has 1 aromatic rings. The molecule has 2 rings (SSSR count). The van der Waals surface area contributed by atoms with Crippen molar-refractivity contribution in [2.45, 2.75) is 44.6 Å². The number of hydrogen-bond acceptors (Lipinski definition) is 7. The molecule has 1 fully saturated rings. The van der Waals surface area contributed by atoms with Crippen LogP contribution in [0, 0.1) is 0 Å². The van der Waals surface area contributed by atoms with Crippen LogP contribution in [-0.2, 0) is 9.53 Å². The van der Waals surface area contributed by atoms with E-state index in [4.69, 9.17) is 14.6 Å². The summed E-state index contributed by atoms with van der Waals surface area (Å²) in [5.74, 6) is -1.37. The van der Waals surface area contributed by atoms with Crippen molar-refractivity contribution in [3.05, 3.63) is 29.3 Å². The number of rotatable bonds is 5. The van der Waals surface area contributed by atoms with Crippen molar-refractivity contribution in [2.75, 3.05) is 0 Å². The SMILES string of the molecule is C/C(=C\c1ccc(O[C@@H]2O[C@H]([C@H](C)O)[C@@H](O)[C@@H]2O)c(O)c1)C(=O)O. The second kappa shape index (κ2) is 7.18. The Morgan fingerprint density at radius 3 is 2.50 bits per heavy atom. The molecule has 1 aliphatic rings. The molecule has 0 unspecified atom stereocenters. The van der Waals surface area contributed by atoms with E-state index in [0.717, 1.165) is 0 Å². The van der Waals surface area contributed by atoms with Crippen LogP contribution in [0.15, 0.2) is 23.8 Å². The maximum Gasteiger partial charge on any atom is 0.331 e. The molecule has 24 heavy (non-hydrogen) atoms. The largest absolute Gasteiger partial charge is 0.504 e. The smallest absolute Gasteiger partial charge is 0.331 e. The summed E-state index contributed by atoms with van der Waals surface area (Å²) in [4.78, 5) is 10.8. The Morgan fingerprint density at radius 2 is 2.00 bits per heavy atom. The fourth-order valence-corrected chi connectivity index (χ4v) is 2.33. The van der Waals surface area contributed by atoms with Crippen LogP contribution >= 0.6 is 0 Å². The lowest BCUT2D eigenvalue weighted by Gasteiger charge is -2.18. The van der Waals surface area contributed by atoms with Gasteiger partial charge < -0.3 is 35.0 Å². The minimum Gasteiger partial charge on any atom is -0.504 e. The summed E-state index contributed by atoms with van der Waals surface area (Å²) in [5, 5.41) is 48.0. The van der Waals surface area contributed by atoms with Crippen LogP contribution in [-0.4, -0.2) is 62.2 Å². The van der Waals surface area contributed by atoms with E-state index in [2.05, 4.69) is 0 Å². The van der Waals surface area contributed by atoms with Gasteiger partial charge in [-0.3, -0.25) is 0 Å². The molecule has 1 heterocycles. The number of aliphatic hydroxyl groups excluding tert-OH is 3. The zero-order valence-electron chi connectivity index (χ0n) is 13.2. The Morgan fingerprint density at radius 1 is 1.33 bits per heavy atom. The number of carbonyl (C=O) groups is 1. The minimum atomic E-state index is -1.39. The molecule has 1 saturated heterocycles. The van der Waals surface area contributed by atoms with Gasteiger partial charge in [0.15, 0.2) is 11.5 Å². The van der Waals surface area contributed by atoms with E-state index in [1.807, 2.05) is 0 Å². The lowest BCUT2D eigenvalue weighted by Crippen LogP contribution is -2.38. The maximum atomic E-state index is 10.8. The van der Waals surface area contributed by atoms with Gasteiger partial charge in [0.1, 0.15) is 18.3 Å². The van der Waals surface area contributed by atoms with Gasteiger partial charge >= 0.3 is 5.97 Å². The molecule has 0 radical (unpaired) electrons. The van der Waals surface area contributed by atoms with Crippen molar-refractivity contribution in [3.8, 4) is 11.5 Å². The molecule has 1 aromatic carbocycles. The van der Waals surface area contributed by atoms with Gasteiger partial charge in [0.05, 0.1) is 6.10 Å². The molecular weight excluding hydrogens is 320 g/mol. The summed E-state index contributed by atoms with van der Waals surface area (Å²) in [6.45, 7) is 2.83. The second-order valence-electron chi connectivity index (χ2n) is 5.67. The van der Waals surface area contributed by atoms with Crippen LogP contribution < -0.4 is 4.74 Å². The summed E-state index contributed by atoms with van der Waals surface area (Å²) in [6.07, 6.45) is -4.61. The van der Waals surface area contributed by atoms with E-state index in [1.54, 1.807) is 0 Å². The average molecular weight is 340 g/mol. The zero-order chi connectivity index (χ0) is 18.0. The fraction of sp³-hybridized carbons (Fsp3) is 0.438. The topological polar surface area (TPSA) is 137 Å². The lowest BCUT2D eigenvalue weighted by atomic mass is 10.1. The number of phenols is 1. The third-order valence-corrected chi connectivity index (χ3v) is 3.68. The Hall–Kier alpha value is -2.13. The first-order valence-electron chi connectivity index (χ1n) is 7.31. The number of ether oxygens (including phenoxy) is 2. The molecule has 0 bridgehead atoms. The van der Waals surface area contributed by atoms with Gasteiger partial charge in [0.25, 0.3) is 0 Å². The van der Waals surface area contributed by atoms with E-state index in [1.165, 1.54) is 38.1 Å². The molecule has 0 aromatic heterocycles. The van der Waals surface area contributed by atoms with Crippen molar-refractivity contribution in [1.82, 2.24) is 0 Å². The van der Waals surface area contributed by atoms with Gasteiger partial charge in [-0.05, 0) is 37.6 Å². The Labute approximate surface area is 138 Å². The van der Waals surface area contributed by atoms with E-state index >= 15 is 0 Å². The highest BCUT2D eigenvalue weighted by Crippen LogP contribution is 2.32. The second-order valence-corrected chi connectivity index (χ2v) is 5.67. The monoisotopic (exact) mass is 340 g/mol. The molecule has 0 aliphatic carbocycles. The van der Waals surface area contributed by atoms with E-state index < -0.39 is 36.7 Å². The molecular formula is C16H20O8. The molecule has 8 nitrogen and oxygen atoms in total. The molecule has 0 spiro atoms. The van der Waals surface area contributed by atoms with Gasteiger partial charge in [0.2, 0.25) is 6.29 Å². The average Bonchev–Trinajstić information content (AvgIpc) is 2.78. The number of aliphatic carboxylic acids is 1. The number of aliphatic hydroxyl groups is 3. The first-order valence-corrected chi connectivity index (χ1v) is 7.31. The van der Waals surface area contributed by atoms with Crippen molar-refractivity contribution < 1.29 is 39.8 Å². The van der Waals surface area contributed by atoms with Gasteiger partial charge in [-0.1, -0.05) is 6.07 Å². The maximum absolute atomic E-state index is 10.8. The first kappa shape index (κ1) is 18.2. The van der Waals surface area contributed by atoms with Crippen LogP contribution in [0.1, 0.15) is 19.4 Å². The number of hydrogen-bond donors (Lipinski definition) is 5. The van der Waals surface area contributed by atoms with E-state index in [0.29, 0.717) is 5.56 Å². The quantitative estimate of drug-likeness (QED) is 0.476. The predicted molar refractivity (Wildman–Crippen MR) is 82.4 cm³/mol. The normalized spacial score (nSPS) is 28.6. The summed E-state index contributed by atoms with van der Waals surface area (Å²) >= 11 is 0. The fourth-order valence-electron chi connectivity index (χ4n) is 2.33. The third-order valence-electron chi connectivity index (χ3n) is 3.68. The highest BCUT2D eigenvalue weighted by atomic mass is 16.7. The lowest BCUT2D eigenvalue weighted by molar-refractivity contribution is -0.132. The summed E-state index contributed by atoms with van der Waals surface area (Å²) in [6, 6.07) is 4.20. The first-order chi connectivity index (χ1) is 11.2. The standard InChI is InChI=1S/C16H20O8/c1-7(15(21)22)5-9-3-4-11(10(18)6-9)23-16-13(20)12(19)14(24-16)8(2)17/h3-6,8,12-14,16-20H,1-2H3,(H,21,22)/b7-5+/t8-,12-,13-,14+,16+/m0/s1. The molecule has 8 heteroatoms. The number of carboxylic acid groups (broad SMARTS) is 1. The van der Waals surface area contributed by atoms with Crippen molar-refractivity contribution >= 4 is 12.0 Å². The van der Waals surface area contributed by atoms with Crippen LogP contribution in [0.5, 0.6) is 11.5 Å². The zero-order valence-corrected chi connectivity index (χ0v) is 13.2. The molecule has 132 valence electrons. The van der Waals surface area contributed by atoms with Crippen LogP contribution in [0.25, 0.3) is 6.08 Å². The Balaban J connectivity index is 2.14. The van der Waals surface area contributed by atoms with Crippen LogP contribution in [0.3, 0.4) is 0 Å². The minimum absolute atomic E-state index is 0.0115. The van der Waals surface area contributed by atoms with Gasteiger partial charge in [-0.15, -0.1) is 0 Å². The molecule has 0 saturated carbocycles. The number of carboxylic acids is 1. The predicted octanol–water partition coefficient (Wildman–Crippen LogP) is 0.0864. The summed E-state index contributed by atoms with van der Waals surface area (Å²) in [5.41, 5.74) is 0.551.